The molecule has 1 amide bonds. The van der Waals surface area contributed by atoms with E-state index < -0.39 is 0 Å². The molecule has 27 heavy (non-hydrogen) atoms. The van der Waals surface area contributed by atoms with Crippen molar-refractivity contribution in [1.82, 2.24) is 14.9 Å². The van der Waals surface area contributed by atoms with Gasteiger partial charge in [0, 0.05) is 13.1 Å². The number of aromatic nitrogens is 2. The zero-order valence-corrected chi connectivity index (χ0v) is 14.7. The van der Waals surface area contributed by atoms with E-state index in [9.17, 15) is 4.79 Å². The molecule has 0 spiro atoms. The zero-order valence-electron chi connectivity index (χ0n) is 14.7. The van der Waals surface area contributed by atoms with Gasteiger partial charge in [0.15, 0.2) is 5.82 Å². The molecule has 0 saturated heterocycles. The lowest BCUT2D eigenvalue weighted by molar-refractivity contribution is 0.0995. The highest BCUT2D eigenvalue weighted by molar-refractivity contribution is 6.11. The van der Waals surface area contributed by atoms with Crippen molar-refractivity contribution >= 4 is 28.2 Å². The van der Waals surface area contributed by atoms with E-state index >= 15 is 0 Å². The number of hydrogen-bond acceptors (Lipinski definition) is 5. The highest BCUT2D eigenvalue weighted by Gasteiger charge is 2.21. The summed E-state index contributed by atoms with van der Waals surface area (Å²) in [5.74, 6) is 0.862. The summed E-state index contributed by atoms with van der Waals surface area (Å²) in [4.78, 5) is 23.4. The van der Waals surface area contributed by atoms with E-state index in [1.54, 1.807) is 6.07 Å². The van der Waals surface area contributed by atoms with Crippen LogP contribution in [0.15, 0.2) is 64.8 Å². The van der Waals surface area contributed by atoms with E-state index in [0.717, 1.165) is 25.0 Å². The molecule has 132 valence electrons. The zero-order chi connectivity index (χ0) is 18.2. The van der Waals surface area contributed by atoms with Crippen LogP contribution in [0, 0.1) is 0 Å². The lowest BCUT2D eigenvalue weighted by Gasteiger charge is -2.26. The standard InChI is InChI=1S/C21H17N5O/c27-21-16-7-4-8-17-19(16)20(24-25-21)23-18(22-17)13-26-11-9-15(10-12-26)14-5-2-1-3-6-14/h1-9H,10-13H2. The van der Waals surface area contributed by atoms with Crippen molar-refractivity contribution in [2.24, 2.45) is 10.2 Å². The van der Waals surface area contributed by atoms with E-state index in [4.69, 9.17) is 0 Å². The van der Waals surface area contributed by atoms with Gasteiger partial charge in [-0.3, -0.25) is 9.69 Å². The smallest absolute Gasteiger partial charge is 0.292 e. The fraction of sp³-hybridized carbons (Fsp3) is 0.190. The molecule has 0 fully saturated rings. The first-order valence-electron chi connectivity index (χ1n) is 9.00. The summed E-state index contributed by atoms with van der Waals surface area (Å²) in [5.41, 5.74) is 3.95. The molecular formula is C21H17N5O. The molecule has 0 atom stereocenters. The Labute approximate surface area is 156 Å². The average molecular weight is 355 g/mol. The number of benzene rings is 2. The highest BCUT2D eigenvalue weighted by atomic mass is 16.1. The van der Waals surface area contributed by atoms with Crippen molar-refractivity contribution < 1.29 is 4.79 Å². The summed E-state index contributed by atoms with van der Waals surface area (Å²) < 4.78 is 0. The number of azo groups is 1. The summed E-state index contributed by atoms with van der Waals surface area (Å²) >= 11 is 0. The Balaban J connectivity index is 1.40. The Kier molecular flexibility index (Phi) is 3.83. The summed E-state index contributed by atoms with van der Waals surface area (Å²) in [6.45, 7) is 2.47. The number of hydrogen-bond donors (Lipinski definition) is 0. The van der Waals surface area contributed by atoms with Crippen molar-refractivity contribution in [3.8, 4) is 0 Å². The van der Waals surface area contributed by atoms with Crippen LogP contribution in [-0.2, 0) is 6.54 Å². The fourth-order valence-electron chi connectivity index (χ4n) is 3.65. The Bertz CT molecular complexity index is 1100. The lowest BCUT2D eigenvalue weighted by atomic mass is 9.99. The molecule has 0 saturated carbocycles. The van der Waals surface area contributed by atoms with Gasteiger partial charge in [-0.05, 0) is 29.7 Å². The van der Waals surface area contributed by atoms with E-state index in [1.165, 1.54) is 11.1 Å². The van der Waals surface area contributed by atoms with Crippen LogP contribution in [0.5, 0.6) is 0 Å². The molecule has 2 aromatic carbocycles. The fourth-order valence-corrected chi connectivity index (χ4v) is 3.65. The molecule has 6 nitrogen and oxygen atoms in total. The van der Waals surface area contributed by atoms with Crippen LogP contribution in [0.2, 0.25) is 0 Å². The largest absolute Gasteiger partial charge is 0.296 e. The maximum Gasteiger partial charge on any atom is 0.296 e. The van der Waals surface area contributed by atoms with Crippen molar-refractivity contribution in [3.05, 3.63) is 71.6 Å². The maximum atomic E-state index is 11.9. The third-order valence-corrected chi connectivity index (χ3v) is 5.02. The summed E-state index contributed by atoms with van der Waals surface area (Å²) in [5, 5.41) is 8.39. The van der Waals surface area contributed by atoms with Gasteiger partial charge in [0.2, 0.25) is 0 Å². The molecule has 2 aliphatic heterocycles. The molecule has 0 aliphatic carbocycles. The Hall–Kier alpha value is -3.25. The molecule has 0 N–H and O–H groups in total. The van der Waals surface area contributed by atoms with Gasteiger partial charge in [0.05, 0.1) is 23.0 Å². The van der Waals surface area contributed by atoms with Gasteiger partial charge in [0.25, 0.3) is 5.91 Å². The van der Waals surface area contributed by atoms with Crippen molar-refractivity contribution in [2.45, 2.75) is 13.0 Å². The molecule has 0 radical (unpaired) electrons. The Morgan fingerprint density at radius 1 is 0.963 bits per heavy atom. The average Bonchev–Trinajstić information content (AvgIpc) is 2.72. The van der Waals surface area contributed by atoms with E-state index in [0.29, 0.717) is 29.1 Å². The number of carbonyl (C=O) groups excluding carboxylic acids is 1. The Morgan fingerprint density at radius 2 is 1.85 bits per heavy atom. The van der Waals surface area contributed by atoms with Crippen molar-refractivity contribution in [1.29, 1.82) is 0 Å². The minimum Gasteiger partial charge on any atom is -0.292 e. The van der Waals surface area contributed by atoms with Crippen molar-refractivity contribution in [2.75, 3.05) is 13.1 Å². The second kappa shape index (κ2) is 6.48. The van der Waals surface area contributed by atoms with Crippen LogP contribution in [0.3, 0.4) is 0 Å². The summed E-state index contributed by atoms with van der Waals surface area (Å²) in [6.07, 6.45) is 3.28. The molecule has 3 heterocycles. The monoisotopic (exact) mass is 355 g/mol. The molecule has 5 rings (SSSR count). The highest BCUT2D eigenvalue weighted by Crippen LogP contribution is 2.31. The molecule has 1 aromatic heterocycles. The van der Waals surface area contributed by atoms with Crippen LogP contribution in [-0.4, -0.2) is 33.9 Å². The second-order valence-corrected chi connectivity index (χ2v) is 6.75. The van der Waals surface area contributed by atoms with Gasteiger partial charge in [-0.1, -0.05) is 42.5 Å². The van der Waals surface area contributed by atoms with Crippen LogP contribution >= 0.6 is 0 Å². The number of nitrogens with zero attached hydrogens (tertiary/aromatic N) is 5. The van der Waals surface area contributed by atoms with Gasteiger partial charge in [-0.25, -0.2) is 9.97 Å². The van der Waals surface area contributed by atoms with E-state index in [1.807, 2.05) is 18.2 Å². The predicted molar refractivity (Wildman–Crippen MR) is 103 cm³/mol. The third kappa shape index (κ3) is 2.94. The number of rotatable bonds is 3. The second-order valence-electron chi connectivity index (χ2n) is 6.75. The summed E-state index contributed by atoms with van der Waals surface area (Å²) in [7, 11) is 0. The van der Waals surface area contributed by atoms with Crippen LogP contribution < -0.4 is 0 Å². The maximum absolute atomic E-state index is 11.9. The topological polar surface area (TPSA) is 70.8 Å². The number of amides is 1. The van der Waals surface area contributed by atoms with Crippen LogP contribution in [0.1, 0.15) is 28.2 Å². The molecule has 0 unspecified atom stereocenters. The molecular weight excluding hydrogens is 338 g/mol. The van der Waals surface area contributed by atoms with Gasteiger partial charge in [-0.15, -0.1) is 10.2 Å². The summed E-state index contributed by atoms with van der Waals surface area (Å²) in [6, 6.07) is 16.0. The van der Waals surface area contributed by atoms with Crippen molar-refractivity contribution in [3.63, 3.8) is 0 Å². The minimum absolute atomic E-state index is 0.334. The Morgan fingerprint density at radius 3 is 2.67 bits per heavy atom. The van der Waals surface area contributed by atoms with Gasteiger partial charge in [0.1, 0.15) is 5.82 Å². The van der Waals surface area contributed by atoms with E-state index in [2.05, 4.69) is 55.4 Å². The number of carbonyl (C=O) groups is 1. The first kappa shape index (κ1) is 16.0. The molecule has 6 heteroatoms. The predicted octanol–water partition coefficient (Wildman–Crippen LogP) is 4.16. The normalized spacial score (nSPS) is 16.6. The molecule has 0 bridgehead atoms. The quantitative estimate of drug-likeness (QED) is 0.707. The third-order valence-electron chi connectivity index (χ3n) is 5.02. The molecule has 2 aliphatic rings. The lowest BCUT2D eigenvalue weighted by Crippen LogP contribution is -2.29. The first-order chi connectivity index (χ1) is 13.3. The van der Waals surface area contributed by atoms with E-state index in [-0.39, 0.29) is 5.91 Å². The SMILES string of the molecule is O=C1N=Nc2nc(CN3CC=C(c4ccccc4)CC3)nc3cccc1c23. The van der Waals surface area contributed by atoms with Gasteiger partial charge < -0.3 is 0 Å². The van der Waals surface area contributed by atoms with Gasteiger partial charge >= 0.3 is 0 Å². The van der Waals surface area contributed by atoms with Gasteiger partial charge in [-0.2, -0.15) is 0 Å². The van der Waals surface area contributed by atoms with Crippen LogP contribution in [0.25, 0.3) is 16.5 Å². The first-order valence-corrected chi connectivity index (χ1v) is 9.00. The molecule has 3 aromatic rings. The van der Waals surface area contributed by atoms with Crippen LogP contribution in [0.4, 0.5) is 5.82 Å². The minimum atomic E-state index is -0.334.